The van der Waals surface area contributed by atoms with Crippen molar-refractivity contribution in [1.29, 1.82) is 0 Å². The van der Waals surface area contributed by atoms with Gasteiger partial charge >= 0.3 is 0 Å². The first-order chi connectivity index (χ1) is 20.2. The second-order valence-electron chi connectivity index (χ2n) is 9.86. The molecule has 0 aliphatic heterocycles. The Morgan fingerprint density at radius 3 is 2.02 bits per heavy atom. The van der Waals surface area contributed by atoms with Crippen molar-refractivity contribution in [3.8, 4) is 33.5 Å². The van der Waals surface area contributed by atoms with Crippen LogP contribution in [-0.4, -0.2) is 36.4 Å². The molecule has 0 saturated heterocycles. The van der Waals surface area contributed by atoms with Gasteiger partial charge in [-0.05, 0) is 64.4 Å². The zero-order valence-corrected chi connectivity index (χ0v) is 24.2. The van der Waals surface area contributed by atoms with Crippen molar-refractivity contribution in [3.63, 3.8) is 0 Å². The van der Waals surface area contributed by atoms with Crippen LogP contribution in [0.4, 0.5) is 0 Å². The van der Waals surface area contributed by atoms with Crippen LogP contribution in [0.2, 0.25) is 0 Å². The second kappa shape index (κ2) is 13.0. The summed E-state index contributed by atoms with van der Waals surface area (Å²) in [7, 11) is 27.7. The summed E-state index contributed by atoms with van der Waals surface area (Å²) in [5.74, 6) is 0. The van der Waals surface area contributed by atoms with Crippen LogP contribution >= 0.6 is 0 Å². The fourth-order valence-corrected chi connectivity index (χ4v) is 5.40. The van der Waals surface area contributed by atoms with Crippen LogP contribution in [0.15, 0.2) is 117 Å². The Hall–Kier alpha value is -4.49. The van der Waals surface area contributed by atoms with Crippen LogP contribution < -0.4 is 21.9 Å². The molecule has 1 nitrogen and oxygen atoms in total. The predicted molar refractivity (Wildman–Crippen MR) is 189 cm³/mol. The Kier molecular flexibility index (Phi) is 9.43. The lowest BCUT2D eigenvalue weighted by atomic mass is 9.61. The SMILES string of the molecule is [B]c1c([B])c(-c2c3cccccc(C=C)c(C=C)c2-c2ncccc2-3)c([B])c([B])c1C(/C=C\C)=C(\C=C/C=C)C(=C)C. The lowest BCUT2D eigenvalue weighted by Gasteiger charge is -2.25. The number of hydrogen-bond acceptors (Lipinski definition) is 1. The number of aromatic nitrogens is 1. The normalized spacial score (nSPS) is 12.0. The molecular weight excluding hydrogens is 502 g/mol. The predicted octanol–water partition coefficient (Wildman–Crippen LogP) is 5.63. The Balaban J connectivity index is 2.27. The molecule has 4 rings (SSSR count). The number of hydrogen-bond donors (Lipinski definition) is 0. The minimum atomic E-state index is 0.318. The number of allylic oxidation sites excluding steroid dienone is 8. The maximum Gasteiger partial charge on any atom is 0.113 e. The van der Waals surface area contributed by atoms with Gasteiger partial charge in [-0.15, -0.1) is 0 Å². The van der Waals surface area contributed by atoms with Gasteiger partial charge in [0.15, 0.2) is 0 Å². The Morgan fingerprint density at radius 2 is 1.43 bits per heavy atom. The summed E-state index contributed by atoms with van der Waals surface area (Å²) in [5.41, 5.74) is 10.7. The van der Waals surface area contributed by atoms with Crippen molar-refractivity contribution >= 4 is 71.0 Å². The van der Waals surface area contributed by atoms with Gasteiger partial charge in [-0.2, -0.15) is 0 Å². The maximum atomic E-state index is 6.96. The van der Waals surface area contributed by atoms with Crippen molar-refractivity contribution in [2.24, 2.45) is 0 Å². The van der Waals surface area contributed by atoms with E-state index in [1.165, 1.54) is 0 Å². The van der Waals surface area contributed by atoms with Gasteiger partial charge in [0, 0.05) is 17.3 Å². The van der Waals surface area contributed by atoms with Gasteiger partial charge in [0.25, 0.3) is 0 Å². The van der Waals surface area contributed by atoms with Gasteiger partial charge in [0.1, 0.15) is 31.4 Å². The zero-order chi connectivity index (χ0) is 30.6. The number of nitrogens with zero attached hydrogens (tertiary/aromatic N) is 1. The molecule has 194 valence electrons. The van der Waals surface area contributed by atoms with Crippen LogP contribution in [-0.2, 0) is 0 Å². The van der Waals surface area contributed by atoms with Gasteiger partial charge in [0.2, 0.25) is 0 Å². The molecule has 0 spiro atoms. The molecule has 5 heteroatoms. The molecule has 1 aliphatic carbocycles. The first kappa shape index (κ1) is 30.5. The smallest absolute Gasteiger partial charge is 0.113 e. The second-order valence-corrected chi connectivity index (χ2v) is 9.86. The zero-order valence-electron chi connectivity index (χ0n) is 24.2. The average Bonchev–Trinajstić information content (AvgIpc) is 3.27. The van der Waals surface area contributed by atoms with E-state index < -0.39 is 0 Å². The molecular formula is C37H29B4N. The molecule has 42 heavy (non-hydrogen) atoms. The molecule has 0 amide bonds. The van der Waals surface area contributed by atoms with Crippen molar-refractivity contribution in [1.82, 2.24) is 4.98 Å². The third-order valence-electron chi connectivity index (χ3n) is 7.28. The number of pyridine rings is 1. The van der Waals surface area contributed by atoms with Gasteiger partial charge in [0.05, 0.1) is 5.69 Å². The van der Waals surface area contributed by atoms with E-state index in [0.29, 0.717) is 33.0 Å². The van der Waals surface area contributed by atoms with E-state index in [1.807, 2.05) is 80.6 Å². The Labute approximate surface area is 255 Å². The third kappa shape index (κ3) is 5.28. The van der Waals surface area contributed by atoms with Crippen LogP contribution in [0.3, 0.4) is 0 Å². The molecule has 3 aromatic rings. The van der Waals surface area contributed by atoms with Gasteiger partial charge in [-0.25, -0.2) is 0 Å². The lowest BCUT2D eigenvalue weighted by Crippen LogP contribution is -2.46. The maximum absolute atomic E-state index is 6.96. The molecule has 2 bridgehead atoms. The van der Waals surface area contributed by atoms with Crippen molar-refractivity contribution < 1.29 is 0 Å². The molecule has 1 aromatic heterocycles. The van der Waals surface area contributed by atoms with E-state index in [9.17, 15) is 0 Å². The number of fused-ring (bicyclic) bond motifs is 5. The first-order valence-electron chi connectivity index (χ1n) is 13.6. The van der Waals surface area contributed by atoms with E-state index in [-0.39, 0.29) is 0 Å². The fraction of sp³-hybridized carbons (Fsp3) is 0.0541. The highest BCUT2D eigenvalue weighted by molar-refractivity contribution is 6.61. The summed E-state index contributed by atoms with van der Waals surface area (Å²) in [6.45, 7) is 20.0. The topological polar surface area (TPSA) is 12.9 Å². The number of rotatable bonds is 8. The van der Waals surface area contributed by atoms with Gasteiger partial charge in [-0.1, -0.05) is 133 Å². The van der Waals surface area contributed by atoms with E-state index in [2.05, 4.69) is 26.3 Å². The first-order valence-corrected chi connectivity index (χ1v) is 13.6. The van der Waals surface area contributed by atoms with E-state index >= 15 is 0 Å². The average molecular weight is 531 g/mol. The quantitative estimate of drug-likeness (QED) is 0.213. The lowest BCUT2D eigenvalue weighted by molar-refractivity contribution is 1.34. The van der Waals surface area contributed by atoms with Crippen LogP contribution in [0, 0.1) is 0 Å². The fourth-order valence-electron chi connectivity index (χ4n) is 5.40. The van der Waals surface area contributed by atoms with E-state index in [0.717, 1.165) is 55.8 Å². The molecule has 0 N–H and O–H groups in total. The van der Waals surface area contributed by atoms with Crippen molar-refractivity contribution in [3.05, 3.63) is 133 Å². The minimum Gasteiger partial charge on any atom is -0.256 e. The van der Waals surface area contributed by atoms with E-state index in [1.54, 1.807) is 24.4 Å². The van der Waals surface area contributed by atoms with Crippen molar-refractivity contribution in [2.45, 2.75) is 13.8 Å². The molecule has 0 atom stereocenters. The molecule has 0 unspecified atom stereocenters. The standard InChI is InChI=1S/C37H29B4N/c1-7-11-18-25(22(5)6)26(16-8-2)31-33(38)35(40)32(36(41)34(31)39)29-27-19-14-12-13-17-23(9-3)24(10-4)30(29)37-28(27)20-15-21-42-37/h7-21H,1,3-5H2,2,6H3/b13-12?,14-12?,16-8-,17-13?,18-11-,19-14?,23-17?,24-23?,26-25+,27-19?,30-24?. The van der Waals surface area contributed by atoms with Gasteiger partial charge in [-0.3, -0.25) is 4.98 Å². The monoisotopic (exact) mass is 531 g/mol. The summed E-state index contributed by atoms with van der Waals surface area (Å²) in [6.07, 6.45) is 14.7. The summed E-state index contributed by atoms with van der Waals surface area (Å²) in [6, 6.07) is 13.8. The summed E-state index contributed by atoms with van der Waals surface area (Å²) >= 11 is 0. The Bertz CT molecular complexity index is 1770. The highest BCUT2D eigenvalue weighted by atomic mass is 14.7. The third-order valence-corrected chi connectivity index (χ3v) is 7.28. The molecule has 1 aliphatic rings. The van der Waals surface area contributed by atoms with Crippen LogP contribution in [0.1, 0.15) is 30.5 Å². The Morgan fingerprint density at radius 1 is 0.762 bits per heavy atom. The highest BCUT2D eigenvalue weighted by Gasteiger charge is 2.29. The van der Waals surface area contributed by atoms with Crippen LogP contribution in [0.25, 0.3) is 51.2 Å². The van der Waals surface area contributed by atoms with E-state index in [4.69, 9.17) is 36.4 Å². The highest BCUT2D eigenvalue weighted by Crippen LogP contribution is 2.48. The van der Waals surface area contributed by atoms with Crippen LogP contribution in [0.5, 0.6) is 0 Å². The summed E-state index contributed by atoms with van der Waals surface area (Å²) in [5, 5.41) is 0. The summed E-state index contributed by atoms with van der Waals surface area (Å²) in [4.78, 5) is 4.79. The summed E-state index contributed by atoms with van der Waals surface area (Å²) < 4.78 is 0. The largest absolute Gasteiger partial charge is 0.256 e. The molecule has 2 aromatic carbocycles. The molecule has 8 radical (unpaired) electrons. The van der Waals surface area contributed by atoms with Crippen molar-refractivity contribution in [2.75, 3.05) is 0 Å². The molecule has 1 heterocycles. The molecule has 0 saturated carbocycles. The molecule has 0 fully saturated rings. The minimum absolute atomic E-state index is 0.318. The number of benzene rings is 1. The van der Waals surface area contributed by atoms with Gasteiger partial charge < -0.3 is 0 Å².